The molecule has 0 aliphatic heterocycles. The van der Waals surface area contributed by atoms with Crippen molar-refractivity contribution in [2.24, 2.45) is 11.8 Å². The van der Waals surface area contributed by atoms with Gasteiger partial charge in [0.2, 0.25) is 0 Å². The van der Waals surface area contributed by atoms with Gasteiger partial charge in [0.25, 0.3) is 0 Å². The molecule has 102 valence electrons. The van der Waals surface area contributed by atoms with Gasteiger partial charge in [0.1, 0.15) is 11.3 Å². The second-order valence-electron chi connectivity index (χ2n) is 5.70. The minimum Gasteiger partial charge on any atom is -0.495 e. The number of hydrogen-bond acceptors (Lipinski definition) is 3. The number of benzene rings is 1. The van der Waals surface area contributed by atoms with Crippen molar-refractivity contribution < 1.29 is 4.74 Å². The van der Waals surface area contributed by atoms with Crippen molar-refractivity contribution >= 4 is 5.69 Å². The number of nitrogens with zero attached hydrogens (tertiary/aromatic N) is 1. The van der Waals surface area contributed by atoms with Gasteiger partial charge in [0.15, 0.2) is 0 Å². The van der Waals surface area contributed by atoms with Crippen molar-refractivity contribution in [2.75, 3.05) is 12.4 Å². The van der Waals surface area contributed by atoms with Crippen molar-refractivity contribution in [1.29, 1.82) is 5.26 Å². The maximum Gasteiger partial charge on any atom is 0.141 e. The Morgan fingerprint density at radius 1 is 1.32 bits per heavy atom. The van der Waals surface area contributed by atoms with Gasteiger partial charge in [-0.05, 0) is 36.8 Å². The van der Waals surface area contributed by atoms with Crippen LogP contribution in [0.3, 0.4) is 0 Å². The van der Waals surface area contributed by atoms with E-state index in [1.807, 2.05) is 24.3 Å². The van der Waals surface area contributed by atoms with E-state index in [2.05, 4.69) is 25.2 Å². The smallest absolute Gasteiger partial charge is 0.141 e. The van der Waals surface area contributed by atoms with Gasteiger partial charge in [0, 0.05) is 0 Å². The molecule has 1 saturated carbocycles. The number of ether oxygens (including phenoxy) is 1. The molecule has 0 radical (unpaired) electrons. The highest BCUT2D eigenvalue weighted by Gasteiger charge is 2.41. The van der Waals surface area contributed by atoms with Gasteiger partial charge in [-0.15, -0.1) is 0 Å². The summed E-state index contributed by atoms with van der Waals surface area (Å²) in [6.45, 7) is 4.39. The van der Waals surface area contributed by atoms with Crippen LogP contribution >= 0.6 is 0 Å². The highest BCUT2D eigenvalue weighted by molar-refractivity contribution is 5.59. The highest BCUT2D eigenvalue weighted by atomic mass is 16.5. The van der Waals surface area contributed by atoms with Gasteiger partial charge >= 0.3 is 0 Å². The number of hydrogen-bond donors (Lipinski definition) is 1. The van der Waals surface area contributed by atoms with Crippen LogP contribution in [-0.2, 0) is 0 Å². The third kappa shape index (κ3) is 2.68. The Bertz CT molecular complexity index is 480. The molecule has 1 aromatic carbocycles. The fraction of sp³-hybridized carbons (Fsp3) is 0.562. The fourth-order valence-corrected chi connectivity index (χ4v) is 2.98. The number of methoxy groups -OCH3 is 1. The van der Waals surface area contributed by atoms with Crippen LogP contribution in [0.1, 0.15) is 33.1 Å². The van der Waals surface area contributed by atoms with Gasteiger partial charge in [0.05, 0.1) is 18.9 Å². The lowest BCUT2D eigenvalue weighted by Gasteiger charge is -2.41. The standard InChI is InChI=1S/C16H22N2O/c1-12-8-9-13(2)16(10-12,11-17)18-14-6-4-5-7-15(14)19-3/h4-7,12-13,18H,8-10H2,1-3H3. The molecule has 3 heteroatoms. The molecule has 19 heavy (non-hydrogen) atoms. The molecule has 1 N–H and O–H groups in total. The van der Waals surface area contributed by atoms with Crippen molar-refractivity contribution in [3.63, 3.8) is 0 Å². The third-order valence-corrected chi connectivity index (χ3v) is 4.27. The van der Waals surface area contributed by atoms with Crippen LogP contribution in [-0.4, -0.2) is 12.6 Å². The molecule has 1 fully saturated rings. The van der Waals surface area contributed by atoms with E-state index in [9.17, 15) is 5.26 Å². The van der Waals surface area contributed by atoms with Crippen molar-refractivity contribution in [1.82, 2.24) is 0 Å². The maximum atomic E-state index is 9.70. The monoisotopic (exact) mass is 258 g/mol. The number of nitriles is 1. The zero-order valence-electron chi connectivity index (χ0n) is 11.9. The quantitative estimate of drug-likeness (QED) is 0.896. The second kappa shape index (κ2) is 5.52. The highest BCUT2D eigenvalue weighted by Crippen LogP contribution is 2.40. The average molecular weight is 258 g/mol. The normalized spacial score (nSPS) is 30.4. The molecule has 0 saturated heterocycles. The number of rotatable bonds is 3. The Labute approximate surface area is 115 Å². The molecule has 3 atom stereocenters. The molecule has 3 nitrogen and oxygen atoms in total. The first-order valence-corrected chi connectivity index (χ1v) is 6.94. The Hall–Kier alpha value is -1.69. The van der Waals surface area contributed by atoms with Crippen LogP contribution in [0.4, 0.5) is 5.69 Å². The number of para-hydroxylation sites is 2. The minimum absolute atomic E-state index is 0.346. The van der Waals surface area contributed by atoms with Gasteiger partial charge < -0.3 is 10.1 Å². The van der Waals surface area contributed by atoms with E-state index in [0.29, 0.717) is 11.8 Å². The van der Waals surface area contributed by atoms with Crippen LogP contribution < -0.4 is 10.1 Å². The van der Waals surface area contributed by atoms with E-state index < -0.39 is 5.54 Å². The largest absolute Gasteiger partial charge is 0.495 e. The van der Waals surface area contributed by atoms with Crippen LogP contribution in [0.2, 0.25) is 0 Å². The summed E-state index contributed by atoms with van der Waals surface area (Å²) in [6, 6.07) is 10.3. The molecule has 1 aromatic rings. The predicted octanol–water partition coefficient (Wildman–Crippen LogP) is 3.83. The van der Waals surface area contributed by atoms with E-state index in [0.717, 1.165) is 24.3 Å². The molecular weight excluding hydrogens is 236 g/mol. The molecule has 0 heterocycles. The van der Waals surface area contributed by atoms with E-state index in [4.69, 9.17) is 4.74 Å². The Morgan fingerprint density at radius 2 is 2.05 bits per heavy atom. The molecule has 3 unspecified atom stereocenters. The molecule has 2 rings (SSSR count). The average Bonchev–Trinajstić information content (AvgIpc) is 2.43. The third-order valence-electron chi connectivity index (χ3n) is 4.27. The molecule has 0 spiro atoms. The first-order valence-electron chi connectivity index (χ1n) is 6.94. The summed E-state index contributed by atoms with van der Waals surface area (Å²) < 4.78 is 5.37. The van der Waals surface area contributed by atoms with Gasteiger partial charge in [-0.25, -0.2) is 0 Å². The number of nitrogens with one attached hydrogen (secondary N) is 1. The molecular formula is C16H22N2O. The molecule has 0 bridgehead atoms. The van der Waals surface area contributed by atoms with E-state index in [-0.39, 0.29) is 0 Å². The topological polar surface area (TPSA) is 45.0 Å². The lowest BCUT2D eigenvalue weighted by molar-refractivity contribution is 0.229. The van der Waals surface area contributed by atoms with Crippen molar-refractivity contribution in [2.45, 2.75) is 38.6 Å². The van der Waals surface area contributed by atoms with E-state index in [1.54, 1.807) is 7.11 Å². The summed E-state index contributed by atoms with van der Waals surface area (Å²) in [7, 11) is 1.66. The zero-order chi connectivity index (χ0) is 13.9. The van der Waals surface area contributed by atoms with Crippen molar-refractivity contribution in [3.8, 4) is 11.8 Å². The van der Waals surface area contributed by atoms with Crippen LogP contribution in [0.15, 0.2) is 24.3 Å². The Balaban J connectivity index is 2.30. The Morgan fingerprint density at radius 3 is 2.74 bits per heavy atom. The lowest BCUT2D eigenvalue weighted by Crippen LogP contribution is -2.47. The molecule has 0 aromatic heterocycles. The van der Waals surface area contributed by atoms with E-state index in [1.165, 1.54) is 6.42 Å². The summed E-state index contributed by atoms with van der Waals surface area (Å²) in [5.74, 6) is 1.72. The van der Waals surface area contributed by atoms with Crippen LogP contribution in [0.5, 0.6) is 5.75 Å². The SMILES string of the molecule is COc1ccccc1NC1(C#N)CC(C)CCC1C. The summed E-state index contributed by atoms with van der Waals surface area (Å²) in [4.78, 5) is 0. The lowest BCUT2D eigenvalue weighted by atomic mass is 9.70. The zero-order valence-corrected chi connectivity index (χ0v) is 11.9. The molecule has 0 amide bonds. The summed E-state index contributed by atoms with van der Waals surface area (Å²) in [5.41, 5.74) is 0.430. The summed E-state index contributed by atoms with van der Waals surface area (Å²) in [6.07, 6.45) is 3.19. The fourth-order valence-electron chi connectivity index (χ4n) is 2.98. The van der Waals surface area contributed by atoms with Crippen LogP contribution in [0, 0.1) is 23.2 Å². The minimum atomic E-state index is -0.480. The first-order chi connectivity index (χ1) is 9.11. The van der Waals surface area contributed by atoms with Gasteiger partial charge in [-0.2, -0.15) is 5.26 Å². The second-order valence-corrected chi connectivity index (χ2v) is 5.70. The summed E-state index contributed by atoms with van der Waals surface area (Å²) >= 11 is 0. The summed E-state index contributed by atoms with van der Waals surface area (Å²) in [5, 5.41) is 13.2. The molecule has 1 aliphatic carbocycles. The van der Waals surface area contributed by atoms with E-state index >= 15 is 0 Å². The number of anilines is 1. The van der Waals surface area contributed by atoms with Gasteiger partial charge in [-0.1, -0.05) is 32.4 Å². The molecule has 1 aliphatic rings. The maximum absolute atomic E-state index is 9.70. The van der Waals surface area contributed by atoms with Crippen LogP contribution in [0.25, 0.3) is 0 Å². The Kier molecular flexibility index (Phi) is 3.99. The first kappa shape index (κ1) is 13.7. The van der Waals surface area contributed by atoms with Gasteiger partial charge in [-0.3, -0.25) is 0 Å². The van der Waals surface area contributed by atoms with Crippen molar-refractivity contribution in [3.05, 3.63) is 24.3 Å². The predicted molar refractivity (Wildman–Crippen MR) is 77.1 cm³/mol.